The Morgan fingerprint density at radius 2 is 1.86 bits per heavy atom. The van der Waals surface area contributed by atoms with Gasteiger partial charge in [0, 0.05) is 28.5 Å². The molecule has 0 saturated carbocycles. The molecule has 0 aliphatic carbocycles. The first-order chi connectivity index (χ1) is 10.6. The fourth-order valence-corrected chi connectivity index (χ4v) is 3.26. The third-order valence-corrected chi connectivity index (χ3v) is 4.34. The molecule has 0 spiro atoms. The van der Waals surface area contributed by atoms with Gasteiger partial charge in [-0.15, -0.1) is 11.3 Å². The van der Waals surface area contributed by atoms with E-state index in [9.17, 15) is 0 Å². The highest BCUT2D eigenvalue weighted by molar-refractivity contribution is 7.15. The molecule has 0 atom stereocenters. The lowest BCUT2D eigenvalue weighted by Crippen LogP contribution is -1.96. The van der Waals surface area contributed by atoms with Gasteiger partial charge in [-0.3, -0.25) is 0 Å². The van der Waals surface area contributed by atoms with Crippen LogP contribution in [0.15, 0.2) is 30.6 Å². The summed E-state index contributed by atoms with van der Waals surface area (Å²) in [4.78, 5) is 17.5. The molecule has 3 aromatic heterocycles. The minimum absolute atomic E-state index is 0.252. The maximum absolute atomic E-state index is 5.95. The zero-order chi connectivity index (χ0) is 15.5. The number of rotatable bonds is 4. The highest BCUT2D eigenvalue weighted by Gasteiger charge is 2.13. The molecule has 0 unspecified atom stereocenters. The first-order valence-electron chi connectivity index (χ1n) is 6.46. The molecule has 112 valence electrons. The predicted octanol–water partition coefficient (Wildman–Crippen LogP) is 3.67. The summed E-state index contributed by atoms with van der Waals surface area (Å²) in [6, 6.07) is 5.49. The average Bonchev–Trinajstić information content (AvgIpc) is 2.86. The number of nitrogens with zero attached hydrogens (tertiary/aromatic N) is 4. The Kier molecular flexibility index (Phi) is 4.52. The van der Waals surface area contributed by atoms with E-state index < -0.39 is 0 Å². The molecule has 0 aliphatic heterocycles. The van der Waals surface area contributed by atoms with Crippen LogP contribution in [0.25, 0.3) is 11.3 Å². The Morgan fingerprint density at radius 1 is 1.05 bits per heavy atom. The highest BCUT2D eigenvalue weighted by Crippen LogP contribution is 2.31. The van der Waals surface area contributed by atoms with Gasteiger partial charge < -0.3 is 5.73 Å². The zero-order valence-corrected chi connectivity index (χ0v) is 13.7. The van der Waals surface area contributed by atoms with Crippen molar-refractivity contribution in [2.75, 3.05) is 5.73 Å². The number of nitrogen functional groups attached to an aromatic ring is 1. The van der Waals surface area contributed by atoms with Crippen molar-refractivity contribution in [1.82, 2.24) is 19.9 Å². The van der Waals surface area contributed by atoms with E-state index in [1.807, 2.05) is 12.1 Å². The lowest BCUT2D eigenvalue weighted by Gasteiger charge is -2.03. The van der Waals surface area contributed by atoms with E-state index in [2.05, 4.69) is 19.9 Å². The standard InChI is InChI=1S/C14H11Cl2N5S/c15-11-7-8(3-5-18-11)12-10(22-14(17)21-12)2-1-9-4-6-19-13(16)20-9/h3-7H,1-2H2,(H2,17,21). The summed E-state index contributed by atoms with van der Waals surface area (Å²) in [7, 11) is 0. The van der Waals surface area contributed by atoms with Crippen molar-refractivity contribution in [2.24, 2.45) is 0 Å². The van der Waals surface area contributed by atoms with Gasteiger partial charge in [-0.25, -0.2) is 19.9 Å². The van der Waals surface area contributed by atoms with Crippen molar-refractivity contribution in [3.05, 3.63) is 51.6 Å². The molecule has 0 bridgehead atoms. The van der Waals surface area contributed by atoms with Crippen LogP contribution in [0.1, 0.15) is 10.6 Å². The minimum atomic E-state index is 0.252. The van der Waals surface area contributed by atoms with Crippen LogP contribution >= 0.6 is 34.5 Å². The van der Waals surface area contributed by atoms with E-state index in [1.54, 1.807) is 18.5 Å². The Morgan fingerprint density at radius 3 is 2.64 bits per heavy atom. The smallest absolute Gasteiger partial charge is 0.222 e. The van der Waals surface area contributed by atoms with Crippen molar-refractivity contribution in [2.45, 2.75) is 12.8 Å². The molecule has 0 amide bonds. The van der Waals surface area contributed by atoms with Gasteiger partial charge in [0.05, 0.1) is 5.69 Å². The molecule has 22 heavy (non-hydrogen) atoms. The van der Waals surface area contributed by atoms with Crippen molar-refractivity contribution in [3.63, 3.8) is 0 Å². The van der Waals surface area contributed by atoms with E-state index >= 15 is 0 Å². The number of halogens is 2. The fraction of sp³-hybridized carbons (Fsp3) is 0.143. The SMILES string of the molecule is Nc1nc(-c2ccnc(Cl)c2)c(CCc2ccnc(Cl)n2)s1. The van der Waals surface area contributed by atoms with Crippen LogP contribution in [0.5, 0.6) is 0 Å². The molecule has 0 saturated heterocycles. The van der Waals surface area contributed by atoms with Crippen LogP contribution in [0, 0.1) is 0 Å². The summed E-state index contributed by atoms with van der Waals surface area (Å²) in [5.74, 6) is 0. The van der Waals surface area contributed by atoms with Crippen LogP contribution in [-0.2, 0) is 12.8 Å². The molecule has 5 nitrogen and oxygen atoms in total. The summed E-state index contributed by atoms with van der Waals surface area (Å²) >= 11 is 13.2. The molecule has 3 heterocycles. The van der Waals surface area contributed by atoms with Gasteiger partial charge in [-0.1, -0.05) is 11.6 Å². The van der Waals surface area contributed by atoms with Gasteiger partial charge in [0.15, 0.2) is 5.13 Å². The minimum Gasteiger partial charge on any atom is -0.375 e. The van der Waals surface area contributed by atoms with E-state index in [4.69, 9.17) is 28.9 Å². The van der Waals surface area contributed by atoms with Crippen LogP contribution in [0.4, 0.5) is 5.13 Å². The second-order valence-corrected chi connectivity index (χ2v) is 6.35. The fourth-order valence-electron chi connectivity index (χ4n) is 2.06. The monoisotopic (exact) mass is 351 g/mol. The molecular weight excluding hydrogens is 341 g/mol. The molecular formula is C14H11Cl2N5S. The number of hydrogen-bond acceptors (Lipinski definition) is 6. The second-order valence-electron chi connectivity index (χ2n) is 4.51. The third kappa shape index (κ3) is 3.52. The molecule has 0 aliphatic rings. The average molecular weight is 352 g/mol. The quantitative estimate of drug-likeness (QED) is 0.573. The molecule has 0 radical (unpaired) electrons. The van der Waals surface area contributed by atoms with E-state index in [-0.39, 0.29) is 5.28 Å². The number of thiazole rings is 1. The maximum Gasteiger partial charge on any atom is 0.222 e. The summed E-state index contributed by atoms with van der Waals surface area (Å²) in [5, 5.41) is 1.21. The number of aryl methyl sites for hydroxylation is 2. The summed E-state index contributed by atoms with van der Waals surface area (Å²) in [6.07, 6.45) is 4.80. The number of pyridine rings is 1. The first-order valence-corrected chi connectivity index (χ1v) is 8.03. The van der Waals surface area contributed by atoms with Gasteiger partial charge in [0.25, 0.3) is 0 Å². The number of nitrogens with two attached hydrogens (primary N) is 1. The third-order valence-electron chi connectivity index (χ3n) is 3.01. The van der Waals surface area contributed by atoms with Crippen molar-refractivity contribution in [3.8, 4) is 11.3 Å². The van der Waals surface area contributed by atoms with Crippen LogP contribution < -0.4 is 5.73 Å². The molecule has 2 N–H and O–H groups in total. The number of hydrogen-bond donors (Lipinski definition) is 1. The molecule has 0 fully saturated rings. The number of anilines is 1. The van der Waals surface area contributed by atoms with Gasteiger partial charge in [0.2, 0.25) is 5.28 Å². The van der Waals surface area contributed by atoms with Gasteiger partial charge in [0.1, 0.15) is 5.15 Å². The summed E-state index contributed by atoms with van der Waals surface area (Å²) in [6.45, 7) is 0. The van der Waals surface area contributed by atoms with Crippen molar-refractivity contribution in [1.29, 1.82) is 0 Å². The Balaban J connectivity index is 1.85. The van der Waals surface area contributed by atoms with Crippen molar-refractivity contribution >= 4 is 39.7 Å². The largest absolute Gasteiger partial charge is 0.375 e. The van der Waals surface area contributed by atoms with Gasteiger partial charge in [-0.05, 0) is 42.6 Å². The van der Waals surface area contributed by atoms with Crippen LogP contribution in [-0.4, -0.2) is 19.9 Å². The van der Waals surface area contributed by atoms with Crippen LogP contribution in [0.2, 0.25) is 10.4 Å². The van der Waals surface area contributed by atoms with Gasteiger partial charge >= 0.3 is 0 Å². The summed E-state index contributed by atoms with van der Waals surface area (Å²) in [5.41, 5.74) is 8.49. The molecule has 8 heteroatoms. The van der Waals surface area contributed by atoms with Crippen LogP contribution in [0.3, 0.4) is 0 Å². The van der Waals surface area contributed by atoms with E-state index in [1.165, 1.54) is 11.3 Å². The first kappa shape index (κ1) is 15.1. The Hall–Kier alpha value is -1.76. The van der Waals surface area contributed by atoms with Crippen molar-refractivity contribution < 1.29 is 0 Å². The van der Waals surface area contributed by atoms with Gasteiger partial charge in [-0.2, -0.15) is 0 Å². The number of aromatic nitrogens is 4. The normalized spacial score (nSPS) is 10.8. The predicted molar refractivity (Wildman–Crippen MR) is 89.2 cm³/mol. The molecule has 3 aromatic rings. The molecule has 3 rings (SSSR count). The highest BCUT2D eigenvalue weighted by atomic mass is 35.5. The second kappa shape index (κ2) is 6.56. The Labute approximate surface area is 141 Å². The van der Waals surface area contributed by atoms with E-state index in [0.717, 1.165) is 34.7 Å². The lowest BCUT2D eigenvalue weighted by molar-refractivity contribution is 0.912. The lowest BCUT2D eigenvalue weighted by atomic mass is 10.1. The summed E-state index contributed by atoms with van der Waals surface area (Å²) < 4.78 is 0. The Bertz CT molecular complexity index is 805. The molecule has 0 aromatic carbocycles. The topological polar surface area (TPSA) is 77.6 Å². The zero-order valence-electron chi connectivity index (χ0n) is 11.3. The maximum atomic E-state index is 5.95. The van der Waals surface area contributed by atoms with E-state index in [0.29, 0.717) is 10.3 Å².